The molecule has 0 aliphatic rings. The normalized spacial score (nSPS) is 10.2. The molecule has 0 fully saturated rings. The van der Waals surface area contributed by atoms with Crippen LogP contribution in [0.15, 0.2) is 54.6 Å². The Morgan fingerprint density at radius 3 is 1.82 bits per heavy atom. The van der Waals surface area contributed by atoms with E-state index in [9.17, 15) is 13.2 Å². The summed E-state index contributed by atoms with van der Waals surface area (Å²) in [6.07, 6.45) is 6.04. The second-order valence-electron chi connectivity index (χ2n) is 8.03. The standard InChI is InChI=1S/C30H27F3/c1-3-5-6-8-22-9-11-23(12-10-22)16-18-27-29(32)20-25(21-30(27)33)14-13-24-15-17-26(7-4-2)28(31)19-24/h9-12,15,17,19-21H,3-8H2,1-2H3. The SMILES string of the molecule is CCCCCc1ccc(C#Cc2c(F)cc(C#Cc3ccc(CCC)c(F)c3)cc2F)cc1. The molecular weight excluding hydrogens is 417 g/mol. The van der Waals surface area contributed by atoms with Crippen molar-refractivity contribution < 1.29 is 13.2 Å². The maximum Gasteiger partial charge on any atom is 0.143 e. The van der Waals surface area contributed by atoms with Crippen molar-refractivity contribution >= 4 is 0 Å². The second-order valence-corrected chi connectivity index (χ2v) is 8.03. The third kappa shape index (κ3) is 7.03. The molecule has 0 aromatic heterocycles. The molecule has 168 valence electrons. The maximum absolute atomic E-state index is 14.5. The van der Waals surface area contributed by atoms with Gasteiger partial charge in [-0.05, 0) is 66.8 Å². The Labute approximate surface area is 194 Å². The summed E-state index contributed by atoms with van der Waals surface area (Å²) >= 11 is 0. The molecule has 0 unspecified atom stereocenters. The van der Waals surface area contributed by atoms with E-state index < -0.39 is 11.6 Å². The van der Waals surface area contributed by atoms with Gasteiger partial charge in [0.2, 0.25) is 0 Å². The number of rotatable bonds is 6. The van der Waals surface area contributed by atoms with Crippen molar-refractivity contribution in [3.63, 3.8) is 0 Å². The van der Waals surface area contributed by atoms with Crippen LogP contribution in [-0.4, -0.2) is 0 Å². The molecule has 0 radical (unpaired) electrons. The monoisotopic (exact) mass is 444 g/mol. The lowest BCUT2D eigenvalue weighted by Crippen LogP contribution is -1.93. The van der Waals surface area contributed by atoms with Gasteiger partial charge in [-0.2, -0.15) is 0 Å². The van der Waals surface area contributed by atoms with Gasteiger partial charge in [-0.25, -0.2) is 13.2 Å². The fourth-order valence-electron chi connectivity index (χ4n) is 3.47. The van der Waals surface area contributed by atoms with Gasteiger partial charge in [-0.1, -0.05) is 75.0 Å². The van der Waals surface area contributed by atoms with E-state index in [0.29, 0.717) is 23.1 Å². The molecule has 0 atom stereocenters. The topological polar surface area (TPSA) is 0 Å². The molecular formula is C30H27F3. The lowest BCUT2D eigenvalue weighted by molar-refractivity contribution is 0.577. The van der Waals surface area contributed by atoms with Crippen LogP contribution in [0.25, 0.3) is 0 Å². The fourth-order valence-corrected chi connectivity index (χ4v) is 3.47. The highest BCUT2D eigenvalue weighted by molar-refractivity contribution is 5.49. The van der Waals surface area contributed by atoms with Crippen molar-refractivity contribution in [2.45, 2.75) is 52.4 Å². The minimum Gasteiger partial charge on any atom is -0.207 e. The van der Waals surface area contributed by atoms with E-state index in [0.717, 1.165) is 31.4 Å². The molecule has 3 aromatic carbocycles. The second kappa shape index (κ2) is 12.0. The Morgan fingerprint density at radius 1 is 0.576 bits per heavy atom. The van der Waals surface area contributed by atoms with Gasteiger partial charge in [0.15, 0.2) is 0 Å². The first-order chi connectivity index (χ1) is 16.0. The molecule has 0 amide bonds. The van der Waals surface area contributed by atoms with E-state index >= 15 is 0 Å². The zero-order chi connectivity index (χ0) is 23.6. The first-order valence-electron chi connectivity index (χ1n) is 11.4. The molecule has 3 rings (SSSR count). The van der Waals surface area contributed by atoms with E-state index in [4.69, 9.17) is 0 Å². The van der Waals surface area contributed by atoms with Crippen LogP contribution in [0.2, 0.25) is 0 Å². The lowest BCUT2D eigenvalue weighted by Gasteiger charge is -2.01. The van der Waals surface area contributed by atoms with Crippen molar-refractivity contribution in [3.8, 4) is 23.7 Å². The summed E-state index contributed by atoms with van der Waals surface area (Å²) in [7, 11) is 0. The third-order valence-corrected chi connectivity index (χ3v) is 5.32. The van der Waals surface area contributed by atoms with E-state index in [-0.39, 0.29) is 16.9 Å². The van der Waals surface area contributed by atoms with Crippen molar-refractivity contribution in [2.24, 2.45) is 0 Å². The van der Waals surface area contributed by atoms with E-state index in [2.05, 4.69) is 30.6 Å². The number of aryl methyl sites for hydroxylation is 2. The van der Waals surface area contributed by atoms with Gasteiger partial charge < -0.3 is 0 Å². The summed E-state index contributed by atoms with van der Waals surface area (Å²) < 4.78 is 43.1. The van der Waals surface area contributed by atoms with Crippen LogP contribution in [0, 0.1) is 41.1 Å². The highest BCUT2D eigenvalue weighted by atomic mass is 19.1. The van der Waals surface area contributed by atoms with Crippen molar-refractivity contribution in [3.05, 3.63) is 105 Å². The van der Waals surface area contributed by atoms with Crippen LogP contribution in [0.3, 0.4) is 0 Å². The zero-order valence-electron chi connectivity index (χ0n) is 19.1. The van der Waals surface area contributed by atoms with Gasteiger partial charge >= 0.3 is 0 Å². The van der Waals surface area contributed by atoms with E-state index in [1.807, 2.05) is 31.2 Å². The third-order valence-electron chi connectivity index (χ3n) is 5.32. The number of halogens is 3. The number of hydrogen-bond donors (Lipinski definition) is 0. The predicted octanol–water partition coefficient (Wildman–Crippen LogP) is 7.59. The van der Waals surface area contributed by atoms with Gasteiger partial charge in [0, 0.05) is 16.7 Å². The minimum atomic E-state index is -0.771. The van der Waals surface area contributed by atoms with Crippen LogP contribution in [0.1, 0.15) is 72.9 Å². The summed E-state index contributed by atoms with van der Waals surface area (Å²) in [6.45, 7) is 4.15. The fraction of sp³-hybridized carbons (Fsp3) is 0.267. The smallest absolute Gasteiger partial charge is 0.143 e. The molecule has 3 aromatic rings. The molecule has 0 aliphatic carbocycles. The largest absolute Gasteiger partial charge is 0.207 e. The lowest BCUT2D eigenvalue weighted by atomic mass is 10.0. The van der Waals surface area contributed by atoms with Crippen LogP contribution in [0.5, 0.6) is 0 Å². The molecule has 0 nitrogen and oxygen atoms in total. The average Bonchev–Trinajstić information content (AvgIpc) is 2.80. The van der Waals surface area contributed by atoms with Crippen LogP contribution in [-0.2, 0) is 12.8 Å². The Bertz CT molecular complexity index is 1190. The van der Waals surface area contributed by atoms with Gasteiger partial charge in [-0.3, -0.25) is 0 Å². The summed E-state index contributed by atoms with van der Waals surface area (Å²) in [6, 6.07) is 14.8. The first-order valence-corrected chi connectivity index (χ1v) is 11.4. The molecule has 0 bridgehead atoms. The summed E-state index contributed by atoms with van der Waals surface area (Å²) in [5, 5.41) is 0. The molecule has 0 saturated carbocycles. The molecule has 0 heterocycles. The maximum atomic E-state index is 14.5. The molecule has 3 heteroatoms. The van der Waals surface area contributed by atoms with E-state index in [1.54, 1.807) is 12.1 Å². The summed E-state index contributed by atoms with van der Waals surface area (Å²) in [5.41, 5.74) is 2.90. The molecule has 0 N–H and O–H groups in total. The predicted molar refractivity (Wildman–Crippen MR) is 128 cm³/mol. The number of benzene rings is 3. The highest BCUT2D eigenvalue weighted by Crippen LogP contribution is 2.16. The van der Waals surface area contributed by atoms with Gasteiger partial charge in [0.05, 0.1) is 5.56 Å². The summed E-state index contributed by atoms with van der Waals surface area (Å²) in [5.74, 6) is 9.04. The quantitative estimate of drug-likeness (QED) is 0.271. The van der Waals surface area contributed by atoms with Crippen molar-refractivity contribution in [2.75, 3.05) is 0 Å². The molecule has 0 aliphatic heterocycles. The Kier molecular flexibility index (Phi) is 8.79. The number of hydrogen-bond acceptors (Lipinski definition) is 0. The first kappa shape index (κ1) is 24.2. The zero-order valence-corrected chi connectivity index (χ0v) is 19.1. The van der Waals surface area contributed by atoms with Gasteiger partial charge in [-0.15, -0.1) is 0 Å². The van der Waals surface area contributed by atoms with Crippen LogP contribution in [0.4, 0.5) is 13.2 Å². The number of unbranched alkanes of at least 4 members (excludes halogenated alkanes) is 2. The van der Waals surface area contributed by atoms with Crippen molar-refractivity contribution in [1.82, 2.24) is 0 Å². The summed E-state index contributed by atoms with van der Waals surface area (Å²) in [4.78, 5) is 0. The van der Waals surface area contributed by atoms with Crippen molar-refractivity contribution in [1.29, 1.82) is 0 Å². The molecule has 0 spiro atoms. The Morgan fingerprint density at radius 2 is 1.18 bits per heavy atom. The average molecular weight is 445 g/mol. The Hall–Kier alpha value is -3.43. The van der Waals surface area contributed by atoms with E-state index in [1.165, 1.54) is 24.5 Å². The Balaban J connectivity index is 1.74. The van der Waals surface area contributed by atoms with Gasteiger partial charge in [0.1, 0.15) is 17.5 Å². The van der Waals surface area contributed by atoms with Crippen LogP contribution >= 0.6 is 0 Å². The van der Waals surface area contributed by atoms with Gasteiger partial charge in [0.25, 0.3) is 0 Å². The van der Waals surface area contributed by atoms with Crippen LogP contribution < -0.4 is 0 Å². The molecule has 0 saturated heterocycles. The minimum absolute atomic E-state index is 0.171. The highest BCUT2D eigenvalue weighted by Gasteiger charge is 2.08. The molecule has 33 heavy (non-hydrogen) atoms.